The molecule has 6 nitrogen and oxygen atoms in total. The van der Waals surface area contributed by atoms with Crippen molar-refractivity contribution < 1.29 is 4.79 Å². The molecule has 2 N–H and O–H groups in total. The molecule has 6 heteroatoms. The standard InChI is InChI=1S/C13H23N5O/c1-5-6-15-11-7-12(17-9-16-11)18(4)8-10(2)13(19)14-3/h7,9-10H,5-6,8H2,1-4H3,(H,14,19)(H,15,16,17). The SMILES string of the molecule is CCCNc1cc(N(C)CC(C)C(=O)NC)ncn1. The van der Waals surface area contributed by atoms with Crippen molar-refractivity contribution in [2.75, 3.05) is 37.4 Å². The van der Waals surface area contributed by atoms with E-state index in [1.54, 1.807) is 7.05 Å². The molecule has 0 aromatic carbocycles. The van der Waals surface area contributed by atoms with Gasteiger partial charge in [0.25, 0.3) is 0 Å². The van der Waals surface area contributed by atoms with Crippen molar-refractivity contribution in [3.63, 3.8) is 0 Å². The molecule has 106 valence electrons. The highest BCUT2D eigenvalue weighted by Crippen LogP contribution is 2.14. The minimum absolute atomic E-state index is 0.0326. The monoisotopic (exact) mass is 265 g/mol. The van der Waals surface area contributed by atoms with E-state index in [1.165, 1.54) is 6.33 Å². The van der Waals surface area contributed by atoms with Gasteiger partial charge in [0, 0.05) is 33.3 Å². The molecule has 19 heavy (non-hydrogen) atoms. The molecule has 1 unspecified atom stereocenters. The molecule has 0 radical (unpaired) electrons. The molecule has 0 aliphatic carbocycles. The highest BCUT2D eigenvalue weighted by atomic mass is 16.1. The Hall–Kier alpha value is -1.85. The van der Waals surface area contributed by atoms with Crippen LogP contribution in [0.4, 0.5) is 11.6 Å². The van der Waals surface area contributed by atoms with E-state index in [4.69, 9.17) is 0 Å². The molecule has 1 rings (SSSR count). The predicted molar refractivity (Wildman–Crippen MR) is 77.3 cm³/mol. The molecule has 0 aliphatic rings. The molecule has 1 amide bonds. The first kappa shape index (κ1) is 15.2. The summed E-state index contributed by atoms with van der Waals surface area (Å²) in [7, 11) is 3.57. The van der Waals surface area contributed by atoms with Crippen LogP contribution in [0.15, 0.2) is 12.4 Å². The number of rotatable bonds is 7. The minimum Gasteiger partial charge on any atom is -0.370 e. The van der Waals surface area contributed by atoms with E-state index in [-0.39, 0.29) is 11.8 Å². The van der Waals surface area contributed by atoms with Gasteiger partial charge < -0.3 is 15.5 Å². The van der Waals surface area contributed by atoms with Crippen LogP contribution in [0, 0.1) is 5.92 Å². The number of nitrogens with one attached hydrogen (secondary N) is 2. The summed E-state index contributed by atoms with van der Waals surface area (Å²) in [5.41, 5.74) is 0. The lowest BCUT2D eigenvalue weighted by Crippen LogP contribution is -2.34. The lowest BCUT2D eigenvalue weighted by molar-refractivity contribution is -0.123. The smallest absolute Gasteiger partial charge is 0.224 e. The average Bonchev–Trinajstić information content (AvgIpc) is 2.44. The summed E-state index contributed by atoms with van der Waals surface area (Å²) in [4.78, 5) is 21.9. The van der Waals surface area contributed by atoms with E-state index in [0.29, 0.717) is 6.54 Å². The highest BCUT2D eigenvalue weighted by molar-refractivity contribution is 5.78. The van der Waals surface area contributed by atoms with Crippen LogP contribution in [0.25, 0.3) is 0 Å². The molecule has 1 atom stereocenters. The Bertz CT molecular complexity index is 410. The van der Waals surface area contributed by atoms with Gasteiger partial charge >= 0.3 is 0 Å². The third kappa shape index (κ3) is 4.73. The molecular formula is C13H23N5O. The normalized spacial score (nSPS) is 11.8. The number of nitrogens with zero attached hydrogens (tertiary/aromatic N) is 3. The lowest BCUT2D eigenvalue weighted by Gasteiger charge is -2.21. The van der Waals surface area contributed by atoms with Crippen LogP contribution in [0.2, 0.25) is 0 Å². The zero-order valence-electron chi connectivity index (χ0n) is 12.1. The lowest BCUT2D eigenvalue weighted by atomic mass is 10.1. The van der Waals surface area contributed by atoms with Crippen molar-refractivity contribution in [3.8, 4) is 0 Å². The van der Waals surface area contributed by atoms with Gasteiger partial charge in [0.1, 0.15) is 18.0 Å². The van der Waals surface area contributed by atoms with E-state index in [0.717, 1.165) is 24.6 Å². The third-order valence-electron chi connectivity index (χ3n) is 2.84. The Kier molecular flexibility index (Phi) is 6.05. The van der Waals surface area contributed by atoms with E-state index < -0.39 is 0 Å². The molecule has 0 aliphatic heterocycles. The fourth-order valence-corrected chi connectivity index (χ4v) is 1.74. The maximum Gasteiger partial charge on any atom is 0.224 e. The maximum absolute atomic E-state index is 11.5. The Morgan fingerprint density at radius 3 is 2.84 bits per heavy atom. The van der Waals surface area contributed by atoms with Gasteiger partial charge in [0.2, 0.25) is 5.91 Å². The predicted octanol–water partition coefficient (Wildman–Crippen LogP) is 1.12. The van der Waals surface area contributed by atoms with Crippen molar-refractivity contribution in [3.05, 3.63) is 12.4 Å². The Morgan fingerprint density at radius 2 is 2.21 bits per heavy atom. The Balaban J connectivity index is 2.65. The van der Waals surface area contributed by atoms with E-state index >= 15 is 0 Å². The number of aromatic nitrogens is 2. The van der Waals surface area contributed by atoms with Crippen LogP contribution in [-0.4, -0.2) is 43.1 Å². The summed E-state index contributed by atoms with van der Waals surface area (Å²) in [6.45, 7) is 5.50. The van der Waals surface area contributed by atoms with Gasteiger partial charge in [-0.1, -0.05) is 13.8 Å². The first-order valence-electron chi connectivity index (χ1n) is 6.57. The third-order valence-corrected chi connectivity index (χ3v) is 2.84. The second-order valence-corrected chi connectivity index (χ2v) is 4.58. The second kappa shape index (κ2) is 7.56. The quantitative estimate of drug-likeness (QED) is 0.773. The van der Waals surface area contributed by atoms with Gasteiger partial charge in [-0.15, -0.1) is 0 Å². The number of hydrogen-bond acceptors (Lipinski definition) is 5. The van der Waals surface area contributed by atoms with Crippen LogP contribution < -0.4 is 15.5 Å². The van der Waals surface area contributed by atoms with Gasteiger partial charge in [-0.25, -0.2) is 9.97 Å². The summed E-state index contributed by atoms with van der Waals surface area (Å²) in [5.74, 6) is 1.57. The van der Waals surface area contributed by atoms with E-state index in [9.17, 15) is 4.79 Å². The Morgan fingerprint density at radius 1 is 1.47 bits per heavy atom. The molecule has 0 bridgehead atoms. The molecule has 0 saturated heterocycles. The fourth-order valence-electron chi connectivity index (χ4n) is 1.74. The van der Waals surface area contributed by atoms with Crippen molar-refractivity contribution in [2.24, 2.45) is 5.92 Å². The Labute approximate surface area is 114 Å². The molecule has 0 saturated carbocycles. The number of carbonyl (C=O) groups is 1. The van der Waals surface area contributed by atoms with Crippen molar-refractivity contribution in [1.82, 2.24) is 15.3 Å². The fraction of sp³-hybridized carbons (Fsp3) is 0.615. The summed E-state index contributed by atoms with van der Waals surface area (Å²) in [6, 6.07) is 1.90. The zero-order valence-corrected chi connectivity index (χ0v) is 12.1. The molecular weight excluding hydrogens is 242 g/mol. The zero-order chi connectivity index (χ0) is 14.3. The second-order valence-electron chi connectivity index (χ2n) is 4.58. The summed E-state index contributed by atoms with van der Waals surface area (Å²) in [5, 5.41) is 5.87. The first-order valence-corrected chi connectivity index (χ1v) is 6.57. The average molecular weight is 265 g/mol. The van der Waals surface area contributed by atoms with Gasteiger partial charge in [-0.05, 0) is 6.42 Å². The number of carbonyl (C=O) groups excluding carboxylic acids is 1. The first-order chi connectivity index (χ1) is 9.08. The van der Waals surface area contributed by atoms with Gasteiger partial charge in [-0.2, -0.15) is 0 Å². The van der Waals surface area contributed by atoms with Gasteiger partial charge in [0.05, 0.1) is 5.92 Å². The van der Waals surface area contributed by atoms with Crippen molar-refractivity contribution in [1.29, 1.82) is 0 Å². The topological polar surface area (TPSA) is 70.2 Å². The van der Waals surface area contributed by atoms with Gasteiger partial charge in [0.15, 0.2) is 0 Å². The van der Waals surface area contributed by atoms with Crippen LogP contribution in [-0.2, 0) is 4.79 Å². The molecule has 0 spiro atoms. The van der Waals surface area contributed by atoms with Crippen LogP contribution in [0.3, 0.4) is 0 Å². The van der Waals surface area contributed by atoms with Crippen LogP contribution in [0.5, 0.6) is 0 Å². The summed E-state index contributed by atoms with van der Waals surface area (Å²) in [6.07, 6.45) is 2.58. The number of anilines is 2. The van der Waals surface area contributed by atoms with E-state index in [1.807, 2.05) is 24.9 Å². The largest absolute Gasteiger partial charge is 0.370 e. The van der Waals surface area contributed by atoms with Crippen LogP contribution in [0.1, 0.15) is 20.3 Å². The van der Waals surface area contributed by atoms with Gasteiger partial charge in [-0.3, -0.25) is 4.79 Å². The van der Waals surface area contributed by atoms with Crippen molar-refractivity contribution in [2.45, 2.75) is 20.3 Å². The molecule has 1 aromatic rings. The summed E-state index contributed by atoms with van der Waals surface area (Å²) >= 11 is 0. The molecule has 1 heterocycles. The van der Waals surface area contributed by atoms with Crippen molar-refractivity contribution >= 4 is 17.5 Å². The number of hydrogen-bond donors (Lipinski definition) is 2. The molecule has 1 aromatic heterocycles. The van der Waals surface area contributed by atoms with Crippen LogP contribution >= 0.6 is 0 Å². The summed E-state index contributed by atoms with van der Waals surface area (Å²) < 4.78 is 0. The maximum atomic E-state index is 11.5. The number of amides is 1. The van der Waals surface area contributed by atoms with E-state index in [2.05, 4.69) is 27.5 Å². The minimum atomic E-state index is -0.0861. The highest BCUT2D eigenvalue weighted by Gasteiger charge is 2.14. The molecule has 0 fully saturated rings.